The van der Waals surface area contributed by atoms with Crippen LogP contribution in [0.3, 0.4) is 0 Å². The van der Waals surface area contributed by atoms with Gasteiger partial charge in [0.05, 0.1) is 5.39 Å². The van der Waals surface area contributed by atoms with Gasteiger partial charge >= 0.3 is 11.6 Å². The van der Waals surface area contributed by atoms with Crippen molar-refractivity contribution in [1.29, 1.82) is 0 Å². The Labute approximate surface area is 170 Å². The minimum absolute atomic E-state index is 0.0564. The molecule has 0 atom stereocenters. The molecule has 0 aliphatic heterocycles. The molecule has 7 nitrogen and oxygen atoms in total. The van der Waals surface area contributed by atoms with E-state index in [1.807, 2.05) is 12.1 Å². The van der Waals surface area contributed by atoms with Crippen molar-refractivity contribution in [3.05, 3.63) is 85.6 Å². The topological polar surface area (TPSA) is 91.4 Å². The number of esters is 1. The van der Waals surface area contributed by atoms with Crippen molar-refractivity contribution in [1.82, 2.24) is 9.78 Å². The molecule has 0 bridgehead atoms. The Balaban J connectivity index is 1.52. The van der Waals surface area contributed by atoms with Crippen molar-refractivity contribution in [3.8, 4) is 0 Å². The van der Waals surface area contributed by atoms with Gasteiger partial charge in [-0.2, -0.15) is 5.10 Å². The number of nitrogens with zero attached hydrogens (tertiary/aromatic N) is 2. The van der Waals surface area contributed by atoms with Crippen molar-refractivity contribution in [2.45, 2.75) is 25.9 Å². The number of aromatic nitrogens is 2. The monoisotopic (exact) mass is 402 g/mol. The maximum atomic E-state index is 12.8. The second-order valence-corrected chi connectivity index (χ2v) is 7.46. The molecule has 5 rings (SSSR count). The summed E-state index contributed by atoms with van der Waals surface area (Å²) in [7, 11) is 1.49. The van der Waals surface area contributed by atoms with E-state index in [1.165, 1.54) is 24.2 Å². The van der Waals surface area contributed by atoms with E-state index in [0.29, 0.717) is 21.9 Å². The highest BCUT2D eigenvalue weighted by molar-refractivity contribution is 6.02. The third kappa shape index (κ3) is 2.99. The van der Waals surface area contributed by atoms with E-state index in [1.54, 1.807) is 24.3 Å². The van der Waals surface area contributed by atoms with Crippen LogP contribution < -0.4 is 11.2 Å². The molecular weight excluding hydrogens is 384 g/mol. The lowest BCUT2D eigenvalue weighted by molar-refractivity contribution is 0.0466. The van der Waals surface area contributed by atoms with Crippen LogP contribution in [-0.2, 0) is 31.2 Å². The fraction of sp³-hybridized carbons (Fsp3) is 0.217. The molecule has 150 valence electrons. The van der Waals surface area contributed by atoms with Crippen molar-refractivity contribution in [2.75, 3.05) is 0 Å². The second-order valence-electron chi connectivity index (χ2n) is 7.46. The smallest absolute Gasteiger partial charge is 0.359 e. The van der Waals surface area contributed by atoms with Crippen molar-refractivity contribution >= 4 is 27.7 Å². The SMILES string of the molecule is Cn1nc(C(=O)OCc2cc(=O)oc3cc4c(cc23)CCC4)c2ccccc2c1=O. The average molecular weight is 402 g/mol. The van der Waals surface area contributed by atoms with Crippen LogP contribution in [0.5, 0.6) is 0 Å². The molecule has 1 aliphatic rings. The summed E-state index contributed by atoms with van der Waals surface area (Å²) in [5.74, 6) is -0.663. The van der Waals surface area contributed by atoms with Crippen molar-refractivity contribution in [3.63, 3.8) is 0 Å². The first kappa shape index (κ1) is 18.3. The second kappa shape index (κ2) is 6.95. The third-order valence-corrected chi connectivity index (χ3v) is 5.55. The fourth-order valence-corrected chi connectivity index (χ4v) is 4.08. The number of carbonyl (C=O) groups excluding carboxylic acids is 1. The largest absolute Gasteiger partial charge is 0.456 e. The number of fused-ring (bicyclic) bond motifs is 3. The lowest BCUT2D eigenvalue weighted by Crippen LogP contribution is -2.23. The normalized spacial score (nSPS) is 13.0. The van der Waals surface area contributed by atoms with Crippen LogP contribution >= 0.6 is 0 Å². The van der Waals surface area contributed by atoms with E-state index in [0.717, 1.165) is 29.3 Å². The summed E-state index contributed by atoms with van der Waals surface area (Å²) >= 11 is 0. The minimum atomic E-state index is -0.663. The highest BCUT2D eigenvalue weighted by Crippen LogP contribution is 2.29. The van der Waals surface area contributed by atoms with Crippen LogP contribution in [0, 0.1) is 0 Å². The molecule has 0 saturated carbocycles. The van der Waals surface area contributed by atoms with Gasteiger partial charge in [-0.1, -0.05) is 18.2 Å². The number of hydrogen-bond donors (Lipinski definition) is 0. The molecular formula is C23H18N2O5. The summed E-state index contributed by atoms with van der Waals surface area (Å²) < 4.78 is 12.0. The minimum Gasteiger partial charge on any atom is -0.456 e. The van der Waals surface area contributed by atoms with Crippen LogP contribution in [-0.4, -0.2) is 15.7 Å². The van der Waals surface area contributed by atoms with Crippen molar-refractivity contribution in [2.24, 2.45) is 7.05 Å². The maximum absolute atomic E-state index is 12.8. The van der Waals surface area contributed by atoms with Gasteiger partial charge in [0.2, 0.25) is 0 Å². The number of hydrogen-bond acceptors (Lipinski definition) is 6. The third-order valence-electron chi connectivity index (χ3n) is 5.55. The van der Waals surface area contributed by atoms with Gasteiger partial charge in [-0.05, 0) is 48.6 Å². The predicted octanol–water partition coefficient (Wildman–Crippen LogP) is 2.89. The number of aryl methyl sites for hydroxylation is 3. The average Bonchev–Trinajstić information content (AvgIpc) is 3.20. The van der Waals surface area contributed by atoms with Gasteiger partial charge in [-0.25, -0.2) is 14.3 Å². The highest BCUT2D eigenvalue weighted by Gasteiger charge is 2.19. The van der Waals surface area contributed by atoms with Crippen LogP contribution in [0.15, 0.2) is 56.5 Å². The Morgan fingerprint density at radius 1 is 1.07 bits per heavy atom. The number of ether oxygens (including phenoxy) is 1. The van der Waals surface area contributed by atoms with Gasteiger partial charge in [0.25, 0.3) is 5.56 Å². The van der Waals surface area contributed by atoms with Gasteiger partial charge in [-0.3, -0.25) is 4.79 Å². The predicted molar refractivity (Wildman–Crippen MR) is 111 cm³/mol. The summed E-state index contributed by atoms with van der Waals surface area (Å²) in [6.45, 7) is -0.0986. The summed E-state index contributed by atoms with van der Waals surface area (Å²) in [6.07, 6.45) is 3.03. The Kier molecular flexibility index (Phi) is 4.24. The first-order valence-corrected chi connectivity index (χ1v) is 9.73. The Morgan fingerprint density at radius 2 is 1.80 bits per heavy atom. The molecule has 0 amide bonds. The zero-order valence-corrected chi connectivity index (χ0v) is 16.3. The standard InChI is InChI=1S/C23H18N2O5/c1-25-22(27)17-8-3-2-7-16(17)21(24-25)23(28)29-12-15-11-20(26)30-19-10-14-6-4-5-13(14)9-18(15)19/h2-3,7-11H,4-6,12H2,1H3. The van der Waals surface area contributed by atoms with E-state index >= 15 is 0 Å². The van der Waals surface area contributed by atoms with E-state index < -0.39 is 11.6 Å². The summed E-state index contributed by atoms with van der Waals surface area (Å²) in [5.41, 5.74) is 2.79. The van der Waals surface area contributed by atoms with E-state index in [-0.39, 0.29) is 17.9 Å². The molecule has 7 heteroatoms. The Bertz CT molecular complexity index is 1450. The van der Waals surface area contributed by atoms with E-state index in [9.17, 15) is 14.4 Å². The number of benzene rings is 2. The van der Waals surface area contributed by atoms with Crippen molar-refractivity contribution < 1.29 is 13.9 Å². The molecule has 2 heterocycles. The Hall–Kier alpha value is -3.74. The first-order valence-electron chi connectivity index (χ1n) is 9.73. The molecule has 0 saturated heterocycles. The van der Waals surface area contributed by atoms with E-state index in [4.69, 9.17) is 9.15 Å². The summed E-state index contributed by atoms with van der Waals surface area (Å²) in [5, 5.41) is 5.68. The fourth-order valence-electron chi connectivity index (χ4n) is 4.08. The van der Waals surface area contributed by atoms with Crippen LogP contribution in [0.25, 0.3) is 21.7 Å². The molecule has 30 heavy (non-hydrogen) atoms. The number of carbonyl (C=O) groups is 1. The molecule has 0 N–H and O–H groups in total. The molecule has 0 radical (unpaired) electrons. The lowest BCUT2D eigenvalue weighted by Gasteiger charge is -2.10. The molecule has 0 unspecified atom stereocenters. The molecule has 2 aromatic heterocycles. The van der Waals surface area contributed by atoms with Gasteiger partial charge in [0, 0.05) is 29.4 Å². The molecule has 0 fully saturated rings. The quantitative estimate of drug-likeness (QED) is 0.387. The van der Waals surface area contributed by atoms with Gasteiger partial charge in [0.1, 0.15) is 12.2 Å². The zero-order chi connectivity index (χ0) is 20.8. The molecule has 1 aliphatic carbocycles. The maximum Gasteiger partial charge on any atom is 0.359 e. The molecule has 0 spiro atoms. The Morgan fingerprint density at radius 3 is 2.60 bits per heavy atom. The van der Waals surface area contributed by atoms with Gasteiger partial charge in [0.15, 0.2) is 5.69 Å². The van der Waals surface area contributed by atoms with Crippen LogP contribution in [0.2, 0.25) is 0 Å². The zero-order valence-electron chi connectivity index (χ0n) is 16.3. The van der Waals surface area contributed by atoms with Crippen LogP contribution in [0.1, 0.15) is 33.6 Å². The number of rotatable bonds is 3. The molecule has 4 aromatic rings. The lowest BCUT2D eigenvalue weighted by atomic mass is 10.0. The van der Waals surface area contributed by atoms with Gasteiger partial charge < -0.3 is 9.15 Å². The summed E-state index contributed by atoms with van der Waals surface area (Å²) in [6, 6.07) is 12.0. The van der Waals surface area contributed by atoms with Crippen LogP contribution in [0.4, 0.5) is 0 Å². The summed E-state index contributed by atoms with van der Waals surface area (Å²) in [4.78, 5) is 37.1. The van der Waals surface area contributed by atoms with Gasteiger partial charge in [-0.15, -0.1) is 0 Å². The van der Waals surface area contributed by atoms with E-state index in [2.05, 4.69) is 5.10 Å². The highest BCUT2D eigenvalue weighted by atomic mass is 16.5. The molecule has 2 aromatic carbocycles. The first-order chi connectivity index (χ1) is 14.5.